The molecular weight excluding hydrogens is 538 g/mol. The van der Waals surface area contributed by atoms with Crippen LogP contribution in [0.1, 0.15) is 78.6 Å². The fourth-order valence-corrected chi connectivity index (χ4v) is 6.45. The number of benzene rings is 3. The van der Waals surface area contributed by atoms with Crippen LogP contribution in [-0.4, -0.2) is 43.7 Å². The molecule has 2 unspecified atom stereocenters. The van der Waals surface area contributed by atoms with E-state index in [2.05, 4.69) is 97.9 Å². The second kappa shape index (κ2) is 12.6. The first kappa shape index (κ1) is 30.9. The number of cyclic esters (lactones) is 1. The number of epoxide rings is 1. The van der Waals surface area contributed by atoms with Crippen LogP contribution in [0.2, 0.25) is 0 Å². The van der Waals surface area contributed by atoms with E-state index in [1.165, 1.54) is 22.3 Å². The van der Waals surface area contributed by atoms with Crippen molar-refractivity contribution in [2.75, 3.05) is 24.7 Å². The van der Waals surface area contributed by atoms with Crippen molar-refractivity contribution in [1.29, 1.82) is 0 Å². The quantitative estimate of drug-likeness (QED) is 0.202. The fourth-order valence-electron chi connectivity index (χ4n) is 6.45. The van der Waals surface area contributed by atoms with Crippen molar-refractivity contribution >= 4 is 11.8 Å². The average molecular weight is 586 g/mol. The van der Waals surface area contributed by atoms with Gasteiger partial charge in [0, 0.05) is 6.42 Å². The Morgan fingerprint density at radius 1 is 0.837 bits per heavy atom. The summed E-state index contributed by atoms with van der Waals surface area (Å²) in [6.07, 6.45) is 2.78. The highest BCUT2D eigenvalue weighted by Gasteiger charge is 2.38. The van der Waals surface area contributed by atoms with Crippen LogP contribution < -0.4 is 14.4 Å². The molecule has 6 heteroatoms. The van der Waals surface area contributed by atoms with Gasteiger partial charge in [0.1, 0.15) is 35.9 Å². The Morgan fingerprint density at radius 2 is 1.42 bits per heavy atom. The van der Waals surface area contributed by atoms with Gasteiger partial charge in [0.15, 0.2) is 0 Å². The maximum Gasteiger partial charge on any atom is 0.414 e. The number of anilines is 1. The largest absolute Gasteiger partial charge is 0.490 e. The van der Waals surface area contributed by atoms with E-state index in [0.29, 0.717) is 19.6 Å². The summed E-state index contributed by atoms with van der Waals surface area (Å²) in [7, 11) is 0. The van der Waals surface area contributed by atoms with E-state index in [1.54, 1.807) is 4.90 Å². The molecular formula is C37H47NO5. The molecule has 2 heterocycles. The highest BCUT2D eigenvalue weighted by Crippen LogP contribution is 2.36. The lowest BCUT2D eigenvalue weighted by atomic mass is 9.96. The molecule has 0 spiro atoms. The van der Waals surface area contributed by atoms with Gasteiger partial charge in [0.25, 0.3) is 0 Å². The molecule has 3 aromatic rings. The lowest BCUT2D eigenvalue weighted by molar-refractivity contribution is 0.0447. The number of hydrogen-bond donors (Lipinski definition) is 0. The van der Waals surface area contributed by atoms with Gasteiger partial charge in [-0.15, -0.1) is 0 Å². The second-order valence-corrected chi connectivity index (χ2v) is 13.0. The van der Waals surface area contributed by atoms with Gasteiger partial charge < -0.3 is 18.9 Å². The van der Waals surface area contributed by atoms with Crippen LogP contribution in [0.25, 0.3) is 0 Å². The zero-order valence-electron chi connectivity index (χ0n) is 27.1. The Labute approximate surface area is 257 Å². The molecule has 0 saturated carbocycles. The number of hydrogen-bond acceptors (Lipinski definition) is 5. The molecule has 3 aromatic carbocycles. The summed E-state index contributed by atoms with van der Waals surface area (Å²) >= 11 is 0. The maximum atomic E-state index is 13.2. The average Bonchev–Trinajstić information content (AvgIpc) is 3.68. The number of carbonyl (C=O) groups is 1. The van der Waals surface area contributed by atoms with Crippen molar-refractivity contribution in [3.63, 3.8) is 0 Å². The van der Waals surface area contributed by atoms with Crippen molar-refractivity contribution in [2.24, 2.45) is 0 Å². The van der Waals surface area contributed by atoms with Crippen molar-refractivity contribution in [3.8, 4) is 11.5 Å². The van der Waals surface area contributed by atoms with Gasteiger partial charge in [-0.3, -0.25) is 4.90 Å². The molecule has 0 bridgehead atoms. The third-order valence-electron chi connectivity index (χ3n) is 8.32. The maximum absolute atomic E-state index is 13.2. The Kier molecular flexibility index (Phi) is 9.07. The Balaban J connectivity index is 1.27. The van der Waals surface area contributed by atoms with Gasteiger partial charge in [-0.1, -0.05) is 55.3 Å². The van der Waals surface area contributed by atoms with Crippen molar-refractivity contribution in [1.82, 2.24) is 0 Å². The third kappa shape index (κ3) is 7.53. The molecule has 2 fully saturated rings. The third-order valence-corrected chi connectivity index (χ3v) is 8.32. The number of rotatable bonds is 12. The van der Waals surface area contributed by atoms with Crippen LogP contribution in [0.15, 0.2) is 42.5 Å². The molecule has 0 radical (unpaired) electrons. The number of amides is 1. The first-order valence-corrected chi connectivity index (χ1v) is 15.7. The molecule has 2 atom stereocenters. The summed E-state index contributed by atoms with van der Waals surface area (Å²) in [6.45, 7) is 18.7. The standard InChI is InChI=1S/C37H47NO5/c1-9-29-18-34(30(10-2)17-33(29)41-22-32-21-40-32)43-37(7,8)19-31-20-38(36(39)42-31)35-25(5)14-28(15-26(35)6)16-27-12-23(3)11-24(4)13-27/h11-15,17-18,31-32H,9-10,16,19-22H2,1-8H3. The first-order chi connectivity index (χ1) is 20.4. The van der Waals surface area contributed by atoms with Crippen LogP contribution in [0.5, 0.6) is 11.5 Å². The summed E-state index contributed by atoms with van der Waals surface area (Å²) in [5.41, 5.74) is 9.91. The number of nitrogens with zero attached hydrogens (tertiary/aromatic N) is 1. The van der Waals surface area contributed by atoms with Crippen molar-refractivity contribution in [3.05, 3.63) is 87.0 Å². The molecule has 1 amide bonds. The second-order valence-electron chi connectivity index (χ2n) is 13.0. The van der Waals surface area contributed by atoms with Crippen LogP contribution in [-0.2, 0) is 28.7 Å². The monoisotopic (exact) mass is 585 g/mol. The molecule has 5 rings (SSSR count). The Bertz CT molecular complexity index is 1450. The number of carbonyl (C=O) groups excluding carboxylic acids is 1. The summed E-state index contributed by atoms with van der Waals surface area (Å²) in [4.78, 5) is 15.0. The summed E-state index contributed by atoms with van der Waals surface area (Å²) in [6, 6.07) is 15.3. The predicted molar refractivity (Wildman–Crippen MR) is 172 cm³/mol. The minimum absolute atomic E-state index is 0.215. The van der Waals surface area contributed by atoms with E-state index in [0.717, 1.165) is 65.3 Å². The minimum atomic E-state index is -0.542. The van der Waals surface area contributed by atoms with Crippen LogP contribution in [0.3, 0.4) is 0 Å². The van der Waals surface area contributed by atoms with Crippen molar-refractivity contribution in [2.45, 2.75) is 98.9 Å². The molecule has 230 valence electrons. The van der Waals surface area contributed by atoms with Gasteiger partial charge >= 0.3 is 6.09 Å². The topological polar surface area (TPSA) is 60.5 Å². The van der Waals surface area contributed by atoms with Gasteiger partial charge in [-0.2, -0.15) is 0 Å². The first-order valence-electron chi connectivity index (χ1n) is 15.7. The molecule has 6 nitrogen and oxygen atoms in total. The highest BCUT2D eigenvalue weighted by molar-refractivity contribution is 5.91. The molecule has 2 aliphatic heterocycles. The van der Waals surface area contributed by atoms with Gasteiger partial charge in [0.05, 0.1) is 18.8 Å². The summed E-state index contributed by atoms with van der Waals surface area (Å²) in [5, 5.41) is 0. The molecule has 2 aliphatic rings. The van der Waals surface area contributed by atoms with Crippen molar-refractivity contribution < 1.29 is 23.7 Å². The van der Waals surface area contributed by atoms with E-state index >= 15 is 0 Å². The van der Waals surface area contributed by atoms with E-state index in [1.807, 2.05) is 0 Å². The number of aryl methyl sites for hydroxylation is 6. The molecule has 43 heavy (non-hydrogen) atoms. The van der Waals surface area contributed by atoms with Crippen LogP contribution in [0.4, 0.5) is 10.5 Å². The summed E-state index contributed by atoms with van der Waals surface area (Å²) < 4.78 is 24.0. The number of ether oxygens (including phenoxy) is 4. The molecule has 2 saturated heterocycles. The highest BCUT2D eigenvalue weighted by atomic mass is 16.6. The zero-order valence-corrected chi connectivity index (χ0v) is 27.1. The fraction of sp³-hybridized carbons (Fsp3) is 0.486. The van der Waals surface area contributed by atoms with Crippen LogP contribution >= 0.6 is 0 Å². The van der Waals surface area contributed by atoms with E-state index in [4.69, 9.17) is 18.9 Å². The van der Waals surface area contributed by atoms with Gasteiger partial charge in [0.2, 0.25) is 0 Å². The lowest BCUT2D eigenvalue weighted by Gasteiger charge is -2.30. The van der Waals surface area contributed by atoms with E-state index < -0.39 is 5.60 Å². The molecule has 0 aliphatic carbocycles. The molecule has 0 N–H and O–H groups in total. The summed E-state index contributed by atoms with van der Waals surface area (Å²) in [5.74, 6) is 1.78. The van der Waals surface area contributed by atoms with E-state index in [9.17, 15) is 4.79 Å². The lowest BCUT2D eigenvalue weighted by Crippen LogP contribution is -2.35. The zero-order chi connectivity index (χ0) is 30.9. The normalized spacial score (nSPS) is 18.1. The van der Waals surface area contributed by atoms with Gasteiger partial charge in [-0.05, 0) is 106 Å². The van der Waals surface area contributed by atoms with Crippen LogP contribution in [0, 0.1) is 27.7 Å². The molecule has 0 aromatic heterocycles. The smallest absolute Gasteiger partial charge is 0.414 e. The van der Waals surface area contributed by atoms with E-state index in [-0.39, 0.29) is 18.3 Å². The minimum Gasteiger partial charge on any atom is -0.490 e. The predicted octanol–water partition coefficient (Wildman–Crippen LogP) is 7.99. The Hall–Kier alpha value is -3.51. The van der Waals surface area contributed by atoms with Gasteiger partial charge in [-0.25, -0.2) is 4.79 Å². The SMILES string of the molecule is CCc1cc(OC(C)(C)CC2CN(c3c(C)cc(Cc4cc(C)cc(C)c4)cc3C)C(=O)O2)c(CC)cc1OCC1CO1. The Morgan fingerprint density at radius 3 is 2.02 bits per heavy atom.